The van der Waals surface area contributed by atoms with Gasteiger partial charge < -0.3 is 14.5 Å². The highest BCUT2D eigenvalue weighted by molar-refractivity contribution is 6.31. The van der Waals surface area contributed by atoms with E-state index in [2.05, 4.69) is 23.2 Å². The van der Waals surface area contributed by atoms with E-state index in [1.54, 1.807) is 7.11 Å². The molecule has 0 bridgehead atoms. The number of pyridine rings is 1. The van der Waals surface area contributed by atoms with E-state index in [4.69, 9.17) is 25.7 Å². The van der Waals surface area contributed by atoms with Crippen molar-refractivity contribution in [3.63, 3.8) is 0 Å². The molecule has 2 aromatic carbocycles. The van der Waals surface area contributed by atoms with Crippen molar-refractivity contribution in [3.8, 4) is 5.75 Å². The number of nitrogens with zero attached hydrogens (tertiary/aromatic N) is 2. The van der Waals surface area contributed by atoms with Crippen LogP contribution in [0.2, 0.25) is 5.02 Å². The van der Waals surface area contributed by atoms with Crippen LogP contribution in [0.4, 0.5) is 5.69 Å². The number of halogens is 1. The van der Waals surface area contributed by atoms with Crippen LogP contribution in [0.3, 0.4) is 0 Å². The summed E-state index contributed by atoms with van der Waals surface area (Å²) in [7, 11) is 1.69. The molecule has 0 unspecified atom stereocenters. The third-order valence-electron chi connectivity index (χ3n) is 5.61. The number of aryl methyl sites for hydroxylation is 1. The number of hydrogen-bond acceptors (Lipinski definition) is 5. The van der Waals surface area contributed by atoms with Gasteiger partial charge in [0.05, 0.1) is 30.4 Å². The highest BCUT2D eigenvalue weighted by atomic mass is 35.5. The average molecular weight is 452 g/mol. The molecule has 5 nitrogen and oxygen atoms in total. The molecule has 0 radical (unpaired) electrons. The minimum absolute atomic E-state index is 0.687. The van der Waals surface area contributed by atoms with Crippen LogP contribution in [0.5, 0.6) is 5.75 Å². The van der Waals surface area contributed by atoms with Gasteiger partial charge in [-0.3, -0.25) is 4.90 Å². The Morgan fingerprint density at radius 3 is 2.66 bits per heavy atom. The summed E-state index contributed by atoms with van der Waals surface area (Å²) in [4.78, 5) is 7.26. The van der Waals surface area contributed by atoms with Gasteiger partial charge in [-0.05, 0) is 74.8 Å². The Kier molecular flexibility index (Phi) is 7.18. The minimum Gasteiger partial charge on any atom is -0.497 e. The van der Waals surface area contributed by atoms with Gasteiger partial charge in [-0.15, -0.1) is 0 Å². The van der Waals surface area contributed by atoms with E-state index in [1.807, 2.05) is 49.4 Å². The molecule has 0 aliphatic heterocycles. The monoisotopic (exact) mass is 451 g/mol. The lowest BCUT2D eigenvalue weighted by Crippen LogP contribution is -2.26. The van der Waals surface area contributed by atoms with Gasteiger partial charge in [-0.2, -0.15) is 0 Å². The zero-order valence-electron chi connectivity index (χ0n) is 19.0. The molecule has 0 spiro atoms. The van der Waals surface area contributed by atoms with Gasteiger partial charge in [0.25, 0.3) is 0 Å². The van der Waals surface area contributed by atoms with E-state index >= 15 is 0 Å². The first-order valence-electron chi connectivity index (χ1n) is 11.2. The number of anilines is 1. The number of hydrogen-bond donors (Lipinski definition) is 1. The van der Waals surface area contributed by atoms with Crippen molar-refractivity contribution in [1.82, 2.24) is 9.88 Å². The summed E-state index contributed by atoms with van der Waals surface area (Å²) in [5.41, 5.74) is 2.88. The van der Waals surface area contributed by atoms with Crippen LogP contribution in [0, 0.1) is 6.92 Å². The fourth-order valence-electron chi connectivity index (χ4n) is 4.11. The average Bonchev–Trinajstić information content (AvgIpc) is 3.20. The quantitative estimate of drug-likeness (QED) is 0.215. The highest BCUT2D eigenvalue weighted by Crippen LogP contribution is 2.34. The SMILES string of the molecule is CCCN(CCCNc1c2ccc(Cl)cc2nc2ccc(OC)cc12)Cc1ccc(C)o1. The summed E-state index contributed by atoms with van der Waals surface area (Å²) in [6, 6.07) is 15.9. The summed E-state index contributed by atoms with van der Waals surface area (Å²) in [5, 5.41) is 6.48. The standard InChI is InChI=1S/C26H30ClN3O2/c1-4-13-30(17-21-8-6-18(2)32-21)14-5-12-28-26-22-10-7-19(27)15-25(22)29-24-11-9-20(31-3)16-23(24)26/h6-11,15-16H,4-5,12-14,17H2,1-3H3,(H,28,29). The third-order valence-corrected chi connectivity index (χ3v) is 5.85. The molecule has 1 N–H and O–H groups in total. The Morgan fingerprint density at radius 2 is 1.91 bits per heavy atom. The van der Waals surface area contributed by atoms with Crippen LogP contribution >= 0.6 is 11.6 Å². The number of aromatic nitrogens is 1. The van der Waals surface area contributed by atoms with Crippen molar-refractivity contribution in [3.05, 3.63) is 65.1 Å². The van der Waals surface area contributed by atoms with Gasteiger partial charge >= 0.3 is 0 Å². The van der Waals surface area contributed by atoms with Gasteiger partial charge in [0.15, 0.2) is 0 Å². The number of fused-ring (bicyclic) bond motifs is 2. The molecular weight excluding hydrogens is 422 g/mol. The number of methoxy groups -OCH3 is 1. The Labute approximate surface area is 194 Å². The predicted octanol–water partition coefficient (Wildman–Crippen LogP) is 6.67. The molecule has 0 saturated heterocycles. The molecule has 4 aromatic rings. The second-order valence-corrected chi connectivity index (χ2v) is 8.54. The van der Waals surface area contributed by atoms with E-state index in [-0.39, 0.29) is 0 Å². The molecule has 2 aromatic heterocycles. The third kappa shape index (κ3) is 5.17. The van der Waals surface area contributed by atoms with Crippen molar-refractivity contribution in [2.45, 2.75) is 33.2 Å². The number of rotatable bonds is 10. The summed E-state index contributed by atoms with van der Waals surface area (Å²) in [6.45, 7) is 7.95. The van der Waals surface area contributed by atoms with Crippen LogP contribution in [-0.2, 0) is 6.54 Å². The molecular formula is C26H30ClN3O2. The van der Waals surface area contributed by atoms with Crippen molar-refractivity contribution in [2.75, 3.05) is 32.1 Å². The molecule has 6 heteroatoms. The maximum absolute atomic E-state index is 6.24. The van der Waals surface area contributed by atoms with Crippen molar-refractivity contribution in [2.24, 2.45) is 0 Å². The Balaban J connectivity index is 1.52. The van der Waals surface area contributed by atoms with E-state index in [9.17, 15) is 0 Å². The first-order valence-corrected chi connectivity index (χ1v) is 11.5. The van der Waals surface area contributed by atoms with E-state index < -0.39 is 0 Å². The normalized spacial score (nSPS) is 11.5. The van der Waals surface area contributed by atoms with Crippen molar-refractivity contribution < 1.29 is 9.15 Å². The maximum atomic E-state index is 6.24. The summed E-state index contributed by atoms with van der Waals surface area (Å²) < 4.78 is 11.2. The van der Waals surface area contributed by atoms with Crippen LogP contribution in [0.1, 0.15) is 31.3 Å². The van der Waals surface area contributed by atoms with E-state index in [1.165, 1.54) is 0 Å². The zero-order valence-corrected chi connectivity index (χ0v) is 19.7. The number of benzene rings is 2. The van der Waals surface area contributed by atoms with Gasteiger partial charge in [0.1, 0.15) is 17.3 Å². The Bertz CT molecular complexity index is 1200. The van der Waals surface area contributed by atoms with Gasteiger partial charge in [0.2, 0.25) is 0 Å². The highest BCUT2D eigenvalue weighted by Gasteiger charge is 2.12. The fourth-order valence-corrected chi connectivity index (χ4v) is 4.27. The first-order chi connectivity index (χ1) is 15.6. The fraction of sp³-hybridized carbons (Fsp3) is 0.346. The molecule has 0 fully saturated rings. The van der Waals surface area contributed by atoms with Crippen molar-refractivity contribution in [1.29, 1.82) is 0 Å². The molecule has 168 valence electrons. The van der Waals surface area contributed by atoms with Crippen LogP contribution < -0.4 is 10.1 Å². The van der Waals surface area contributed by atoms with Crippen LogP contribution in [0.25, 0.3) is 21.8 Å². The summed E-state index contributed by atoms with van der Waals surface area (Å²) in [6.07, 6.45) is 2.13. The van der Waals surface area contributed by atoms with Crippen LogP contribution in [0.15, 0.2) is 52.9 Å². The Hall–Kier alpha value is -2.76. The summed E-state index contributed by atoms with van der Waals surface area (Å²) >= 11 is 6.24. The van der Waals surface area contributed by atoms with Gasteiger partial charge in [0, 0.05) is 28.9 Å². The topological polar surface area (TPSA) is 50.5 Å². The summed E-state index contributed by atoms with van der Waals surface area (Å²) in [5.74, 6) is 2.81. The first kappa shape index (κ1) is 22.4. The predicted molar refractivity (Wildman–Crippen MR) is 133 cm³/mol. The number of ether oxygens (including phenoxy) is 1. The molecule has 0 atom stereocenters. The minimum atomic E-state index is 0.687. The van der Waals surface area contributed by atoms with Crippen LogP contribution in [-0.4, -0.2) is 36.6 Å². The lowest BCUT2D eigenvalue weighted by atomic mass is 10.1. The smallest absolute Gasteiger partial charge is 0.119 e. The molecule has 2 heterocycles. The maximum Gasteiger partial charge on any atom is 0.119 e. The molecule has 0 aliphatic rings. The number of furan rings is 1. The zero-order chi connectivity index (χ0) is 22.5. The molecule has 0 saturated carbocycles. The Morgan fingerprint density at radius 1 is 1.03 bits per heavy atom. The molecule has 32 heavy (non-hydrogen) atoms. The van der Waals surface area contributed by atoms with Gasteiger partial charge in [-0.1, -0.05) is 18.5 Å². The molecule has 4 rings (SSSR count). The largest absolute Gasteiger partial charge is 0.497 e. The molecule has 0 amide bonds. The second-order valence-electron chi connectivity index (χ2n) is 8.10. The molecule has 0 aliphatic carbocycles. The van der Waals surface area contributed by atoms with E-state index in [0.29, 0.717) is 5.02 Å². The lowest BCUT2D eigenvalue weighted by molar-refractivity contribution is 0.242. The lowest BCUT2D eigenvalue weighted by Gasteiger charge is -2.21. The number of nitrogens with one attached hydrogen (secondary N) is 1. The second kappa shape index (κ2) is 10.2. The van der Waals surface area contributed by atoms with Gasteiger partial charge in [-0.25, -0.2) is 4.98 Å². The van der Waals surface area contributed by atoms with E-state index in [0.717, 1.165) is 83.8 Å². The van der Waals surface area contributed by atoms with Crippen molar-refractivity contribution >= 4 is 39.1 Å².